The monoisotopic (exact) mass is 276 g/mol. The van der Waals surface area contributed by atoms with Gasteiger partial charge in [0.15, 0.2) is 0 Å². The largest absolute Gasteiger partial charge is 0.436 e. The van der Waals surface area contributed by atoms with Crippen LogP contribution in [0.15, 0.2) is 30.3 Å². The highest BCUT2D eigenvalue weighted by atomic mass is 16.7. The van der Waals surface area contributed by atoms with Gasteiger partial charge in [0.05, 0.1) is 25.2 Å². The quantitative estimate of drug-likeness (QED) is 0.796. The van der Waals surface area contributed by atoms with Crippen molar-refractivity contribution < 1.29 is 19.0 Å². The van der Waals surface area contributed by atoms with Gasteiger partial charge in [-0.05, 0) is 5.56 Å². The predicted molar refractivity (Wildman–Crippen MR) is 72.8 cm³/mol. The maximum Gasteiger partial charge on any atom is 0.310 e. The molecule has 2 heterocycles. The summed E-state index contributed by atoms with van der Waals surface area (Å²) >= 11 is 0. The Morgan fingerprint density at radius 1 is 1.30 bits per heavy atom. The maximum absolute atomic E-state index is 11.5. The van der Waals surface area contributed by atoms with Crippen LogP contribution in [-0.4, -0.2) is 24.5 Å². The second kappa shape index (κ2) is 5.19. The van der Waals surface area contributed by atoms with Gasteiger partial charge in [0, 0.05) is 11.8 Å². The number of hydrogen-bond acceptors (Lipinski definition) is 4. The molecule has 4 nitrogen and oxygen atoms in total. The number of fused-ring (bicyclic) bond motifs is 2. The first-order valence-corrected chi connectivity index (χ1v) is 7.06. The molecule has 3 atom stereocenters. The molecule has 0 unspecified atom stereocenters. The number of carbonyl (C=O) groups is 1. The van der Waals surface area contributed by atoms with Crippen molar-refractivity contribution in [3.05, 3.63) is 35.9 Å². The fourth-order valence-corrected chi connectivity index (χ4v) is 2.89. The molecule has 0 aliphatic carbocycles. The molecule has 0 N–H and O–H groups in total. The lowest BCUT2D eigenvalue weighted by Crippen LogP contribution is -2.56. The van der Waals surface area contributed by atoms with Crippen LogP contribution < -0.4 is 0 Å². The Morgan fingerprint density at radius 2 is 2.05 bits per heavy atom. The van der Waals surface area contributed by atoms with Crippen LogP contribution in [0.4, 0.5) is 0 Å². The second-order valence-electron chi connectivity index (χ2n) is 6.09. The predicted octanol–water partition coefficient (Wildman–Crippen LogP) is 2.66. The standard InChI is InChI=1S/C16H20O4/c1-16(2)12(18-10-11-6-4-3-5-7-11)9-15-19-13(16)8-14(17)20-15/h3-7,12-13,15H,8-10H2,1-2H3/t12-,13-,15+/m0/s1. The van der Waals surface area contributed by atoms with E-state index in [2.05, 4.69) is 13.8 Å². The first kappa shape index (κ1) is 13.6. The Labute approximate surface area is 119 Å². The van der Waals surface area contributed by atoms with Gasteiger partial charge in [-0.25, -0.2) is 0 Å². The van der Waals surface area contributed by atoms with Crippen LogP contribution in [0.1, 0.15) is 32.3 Å². The van der Waals surface area contributed by atoms with Gasteiger partial charge in [-0.3, -0.25) is 4.79 Å². The van der Waals surface area contributed by atoms with Crippen LogP contribution in [0.3, 0.4) is 0 Å². The highest BCUT2D eigenvalue weighted by Gasteiger charge is 2.50. The van der Waals surface area contributed by atoms with Gasteiger partial charge < -0.3 is 14.2 Å². The number of rotatable bonds is 3. The molecule has 2 aliphatic rings. The Morgan fingerprint density at radius 3 is 2.80 bits per heavy atom. The molecular formula is C16H20O4. The first-order chi connectivity index (χ1) is 9.55. The SMILES string of the molecule is CC1(C)[C@@H](OCc2ccccc2)C[C@H]2OC(=O)C[C@@H]1O2. The van der Waals surface area contributed by atoms with Crippen LogP contribution in [0.5, 0.6) is 0 Å². The van der Waals surface area contributed by atoms with Crippen LogP contribution >= 0.6 is 0 Å². The summed E-state index contributed by atoms with van der Waals surface area (Å²) in [5.41, 5.74) is 0.960. The highest BCUT2D eigenvalue weighted by Crippen LogP contribution is 2.42. The molecule has 2 fully saturated rings. The number of hydrogen-bond donors (Lipinski definition) is 0. The third-order valence-corrected chi connectivity index (χ3v) is 4.29. The van der Waals surface area contributed by atoms with Crippen molar-refractivity contribution in [3.8, 4) is 0 Å². The van der Waals surface area contributed by atoms with E-state index in [9.17, 15) is 4.79 Å². The van der Waals surface area contributed by atoms with Crippen LogP contribution in [0.2, 0.25) is 0 Å². The van der Waals surface area contributed by atoms with Crippen LogP contribution in [-0.2, 0) is 25.6 Å². The lowest BCUT2D eigenvalue weighted by molar-refractivity contribution is -0.283. The fraction of sp³-hybridized carbons (Fsp3) is 0.562. The van der Waals surface area contributed by atoms with Gasteiger partial charge in [0.1, 0.15) is 0 Å². The highest BCUT2D eigenvalue weighted by molar-refractivity contribution is 5.71. The van der Waals surface area contributed by atoms with E-state index < -0.39 is 6.29 Å². The average Bonchev–Trinajstić information content (AvgIpc) is 2.42. The van der Waals surface area contributed by atoms with Crippen molar-refractivity contribution >= 4 is 5.97 Å². The molecule has 0 saturated carbocycles. The van der Waals surface area contributed by atoms with E-state index in [0.29, 0.717) is 19.4 Å². The summed E-state index contributed by atoms with van der Waals surface area (Å²) in [6, 6.07) is 10.1. The third-order valence-electron chi connectivity index (χ3n) is 4.29. The van der Waals surface area contributed by atoms with E-state index in [1.807, 2.05) is 30.3 Å². The van der Waals surface area contributed by atoms with Gasteiger partial charge >= 0.3 is 5.97 Å². The van der Waals surface area contributed by atoms with E-state index in [-0.39, 0.29) is 23.6 Å². The zero-order valence-electron chi connectivity index (χ0n) is 11.9. The summed E-state index contributed by atoms with van der Waals surface area (Å²) in [7, 11) is 0. The molecule has 1 aromatic rings. The maximum atomic E-state index is 11.5. The lowest BCUT2D eigenvalue weighted by atomic mass is 9.75. The molecule has 0 aromatic heterocycles. The molecule has 2 saturated heterocycles. The van der Waals surface area contributed by atoms with E-state index in [0.717, 1.165) is 5.56 Å². The van der Waals surface area contributed by atoms with Crippen LogP contribution in [0.25, 0.3) is 0 Å². The zero-order chi connectivity index (χ0) is 14.2. The molecule has 2 aliphatic heterocycles. The number of esters is 1. The first-order valence-electron chi connectivity index (χ1n) is 7.06. The minimum absolute atomic E-state index is 0.0274. The summed E-state index contributed by atoms with van der Waals surface area (Å²) < 4.78 is 17.0. The third kappa shape index (κ3) is 2.58. The van der Waals surface area contributed by atoms with Gasteiger partial charge in [0.2, 0.25) is 6.29 Å². The molecular weight excluding hydrogens is 256 g/mol. The van der Waals surface area contributed by atoms with E-state index in [1.165, 1.54) is 0 Å². The number of carbonyl (C=O) groups excluding carboxylic acids is 1. The van der Waals surface area contributed by atoms with E-state index in [4.69, 9.17) is 14.2 Å². The molecule has 0 amide bonds. The molecule has 4 heteroatoms. The molecule has 3 rings (SSSR count). The second-order valence-corrected chi connectivity index (χ2v) is 6.09. The molecule has 0 spiro atoms. The fourth-order valence-electron chi connectivity index (χ4n) is 2.89. The van der Waals surface area contributed by atoms with Gasteiger partial charge in [-0.15, -0.1) is 0 Å². The summed E-state index contributed by atoms with van der Waals surface area (Å²) in [5, 5.41) is 0. The molecule has 108 valence electrons. The average molecular weight is 276 g/mol. The van der Waals surface area contributed by atoms with Crippen molar-refractivity contribution in [3.63, 3.8) is 0 Å². The number of benzene rings is 1. The summed E-state index contributed by atoms with van der Waals surface area (Å²) in [5.74, 6) is -0.166. The minimum Gasteiger partial charge on any atom is -0.436 e. The van der Waals surface area contributed by atoms with Gasteiger partial charge in [0.25, 0.3) is 0 Å². The summed E-state index contributed by atoms with van der Waals surface area (Å²) in [4.78, 5) is 11.5. The topological polar surface area (TPSA) is 44.8 Å². The Bertz CT molecular complexity index is 483. The molecule has 1 aromatic carbocycles. The van der Waals surface area contributed by atoms with Crippen molar-refractivity contribution in [2.45, 2.75) is 51.8 Å². The number of ether oxygens (including phenoxy) is 3. The zero-order valence-corrected chi connectivity index (χ0v) is 11.9. The van der Waals surface area contributed by atoms with Gasteiger partial charge in [-0.2, -0.15) is 0 Å². The lowest BCUT2D eigenvalue weighted by Gasteiger charge is -2.49. The molecule has 0 radical (unpaired) electrons. The molecule has 20 heavy (non-hydrogen) atoms. The summed E-state index contributed by atoms with van der Waals surface area (Å²) in [6.07, 6.45) is 0.370. The van der Waals surface area contributed by atoms with Gasteiger partial charge in [-0.1, -0.05) is 44.2 Å². The van der Waals surface area contributed by atoms with Crippen LogP contribution in [0, 0.1) is 5.41 Å². The van der Waals surface area contributed by atoms with Crippen molar-refractivity contribution in [2.75, 3.05) is 0 Å². The minimum atomic E-state index is -0.449. The van der Waals surface area contributed by atoms with E-state index >= 15 is 0 Å². The van der Waals surface area contributed by atoms with Crippen molar-refractivity contribution in [1.82, 2.24) is 0 Å². The Kier molecular flexibility index (Phi) is 3.52. The Balaban J connectivity index is 1.68. The van der Waals surface area contributed by atoms with Crippen molar-refractivity contribution in [2.24, 2.45) is 5.41 Å². The Hall–Kier alpha value is -1.39. The molecule has 2 bridgehead atoms. The van der Waals surface area contributed by atoms with E-state index in [1.54, 1.807) is 0 Å². The smallest absolute Gasteiger partial charge is 0.310 e. The van der Waals surface area contributed by atoms with Crippen molar-refractivity contribution in [1.29, 1.82) is 0 Å². The summed E-state index contributed by atoms with van der Waals surface area (Å²) in [6.45, 7) is 4.77. The normalized spacial score (nSPS) is 31.7.